The average molecular weight is 428 g/mol. The predicted octanol–water partition coefficient (Wildman–Crippen LogP) is 2.61. The van der Waals surface area contributed by atoms with Gasteiger partial charge in [0.05, 0.1) is 24.5 Å². The molecule has 1 aromatic heterocycles. The van der Waals surface area contributed by atoms with E-state index in [0.717, 1.165) is 18.8 Å². The lowest BCUT2D eigenvalue weighted by atomic mass is 10.1. The van der Waals surface area contributed by atoms with Crippen LogP contribution in [-0.2, 0) is 4.79 Å². The first-order chi connectivity index (χ1) is 15.1. The van der Waals surface area contributed by atoms with Gasteiger partial charge in [-0.25, -0.2) is 4.39 Å². The van der Waals surface area contributed by atoms with Crippen molar-refractivity contribution < 1.29 is 13.6 Å². The Kier molecular flexibility index (Phi) is 8.04. The molecule has 0 bridgehead atoms. The fourth-order valence-electron chi connectivity index (χ4n) is 4.06. The summed E-state index contributed by atoms with van der Waals surface area (Å²) >= 11 is 0. The van der Waals surface area contributed by atoms with E-state index in [1.54, 1.807) is 18.4 Å². The number of halogens is 1. The van der Waals surface area contributed by atoms with E-state index in [2.05, 4.69) is 29.0 Å². The number of carbonyl (C=O) groups is 1. The molecule has 0 saturated carbocycles. The Morgan fingerprint density at radius 1 is 1.23 bits per heavy atom. The largest absolute Gasteiger partial charge is 0.468 e. The average Bonchev–Trinajstić information content (AvgIpc) is 3.31. The standard InChI is InChI=1S/C23H30FN5O2/c1-3-28(4-2)21(22-9-6-14-31-22)16-26-23(30)17-27-10-12-29(13-11-27)20-8-5-7-19(24)18(20)15-25/h5-9,14,21H,3-4,10-13,16-17H2,1-2H3,(H,26,30). The Morgan fingerprint density at radius 3 is 2.58 bits per heavy atom. The molecule has 1 saturated heterocycles. The third kappa shape index (κ3) is 5.63. The summed E-state index contributed by atoms with van der Waals surface area (Å²) in [5.41, 5.74) is 0.696. The van der Waals surface area contributed by atoms with Gasteiger partial charge in [-0.15, -0.1) is 0 Å². The minimum Gasteiger partial charge on any atom is -0.468 e. The molecule has 1 aromatic carbocycles. The van der Waals surface area contributed by atoms with Crippen LogP contribution in [0.5, 0.6) is 0 Å². The lowest BCUT2D eigenvalue weighted by Crippen LogP contribution is -2.50. The summed E-state index contributed by atoms with van der Waals surface area (Å²) < 4.78 is 19.5. The third-order valence-electron chi connectivity index (χ3n) is 5.80. The van der Waals surface area contributed by atoms with Crippen LogP contribution in [-0.4, -0.2) is 68.1 Å². The molecule has 8 heteroatoms. The molecule has 2 heterocycles. The minimum atomic E-state index is -0.499. The van der Waals surface area contributed by atoms with Gasteiger partial charge in [0.25, 0.3) is 0 Å². The van der Waals surface area contributed by atoms with Crippen LogP contribution in [0.3, 0.4) is 0 Å². The zero-order valence-corrected chi connectivity index (χ0v) is 18.2. The molecule has 2 aromatic rings. The van der Waals surface area contributed by atoms with E-state index in [-0.39, 0.29) is 17.5 Å². The van der Waals surface area contributed by atoms with E-state index in [1.807, 2.05) is 23.1 Å². The van der Waals surface area contributed by atoms with Gasteiger partial charge in [0.1, 0.15) is 23.2 Å². The van der Waals surface area contributed by atoms with Crippen molar-refractivity contribution >= 4 is 11.6 Å². The maximum atomic E-state index is 13.9. The normalized spacial score (nSPS) is 15.6. The number of likely N-dealkylation sites (N-methyl/N-ethyl adjacent to an activating group) is 1. The number of nitrogens with one attached hydrogen (secondary N) is 1. The summed E-state index contributed by atoms with van der Waals surface area (Å²) in [4.78, 5) is 18.9. The Bertz CT molecular complexity index is 884. The molecule has 1 aliphatic heterocycles. The number of piperazine rings is 1. The van der Waals surface area contributed by atoms with Crippen molar-refractivity contribution in [3.05, 3.63) is 53.7 Å². The van der Waals surface area contributed by atoms with Crippen molar-refractivity contribution in [2.75, 3.05) is 57.3 Å². The van der Waals surface area contributed by atoms with Gasteiger partial charge in [-0.2, -0.15) is 5.26 Å². The van der Waals surface area contributed by atoms with E-state index >= 15 is 0 Å². The molecule has 1 aliphatic rings. The Labute approximate surface area is 183 Å². The fourth-order valence-corrected chi connectivity index (χ4v) is 4.06. The van der Waals surface area contributed by atoms with E-state index in [0.29, 0.717) is 45.0 Å². The second-order valence-corrected chi connectivity index (χ2v) is 7.57. The smallest absolute Gasteiger partial charge is 0.234 e. The van der Waals surface area contributed by atoms with E-state index in [1.165, 1.54) is 6.07 Å². The van der Waals surface area contributed by atoms with Crippen LogP contribution in [0.1, 0.15) is 31.2 Å². The second-order valence-electron chi connectivity index (χ2n) is 7.57. The molecule has 0 spiro atoms. The molecule has 1 atom stereocenters. The number of furan rings is 1. The van der Waals surface area contributed by atoms with Crippen LogP contribution in [0.2, 0.25) is 0 Å². The van der Waals surface area contributed by atoms with Crippen molar-refractivity contribution in [1.82, 2.24) is 15.1 Å². The SMILES string of the molecule is CCN(CC)C(CNC(=O)CN1CCN(c2cccc(F)c2C#N)CC1)c1ccco1. The predicted molar refractivity (Wildman–Crippen MR) is 117 cm³/mol. The zero-order valence-electron chi connectivity index (χ0n) is 18.2. The van der Waals surface area contributed by atoms with Gasteiger partial charge in [0.2, 0.25) is 5.91 Å². The lowest BCUT2D eigenvalue weighted by molar-refractivity contribution is -0.122. The summed E-state index contributed by atoms with van der Waals surface area (Å²) in [6.45, 7) is 9.34. The summed E-state index contributed by atoms with van der Waals surface area (Å²) in [7, 11) is 0. The summed E-state index contributed by atoms with van der Waals surface area (Å²) in [6.07, 6.45) is 1.66. The first-order valence-corrected chi connectivity index (χ1v) is 10.8. The molecule has 1 N–H and O–H groups in total. The Morgan fingerprint density at radius 2 is 1.97 bits per heavy atom. The van der Waals surface area contributed by atoms with Gasteiger partial charge < -0.3 is 14.6 Å². The van der Waals surface area contributed by atoms with E-state index in [9.17, 15) is 14.4 Å². The maximum absolute atomic E-state index is 13.9. The number of amides is 1. The highest BCUT2D eigenvalue weighted by Crippen LogP contribution is 2.24. The Hall–Kier alpha value is -2.89. The van der Waals surface area contributed by atoms with Crippen LogP contribution < -0.4 is 10.2 Å². The molecule has 1 fully saturated rings. The van der Waals surface area contributed by atoms with Gasteiger partial charge in [0, 0.05) is 32.7 Å². The van der Waals surface area contributed by atoms with Gasteiger partial charge in [-0.3, -0.25) is 14.6 Å². The van der Waals surface area contributed by atoms with Crippen molar-refractivity contribution in [2.45, 2.75) is 19.9 Å². The van der Waals surface area contributed by atoms with Crippen LogP contribution in [0.4, 0.5) is 10.1 Å². The molecule has 0 radical (unpaired) electrons. The van der Waals surface area contributed by atoms with Gasteiger partial charge >= 0.3 is 0 Å². The van der Waals surface area contributed by atoms with E-state index < -0.39 is 5.82 Å². The van der Waals surface area contributed by atoms with Crippen molar-refractivity contribution in [1.29, 1.82) is 5.26 Å². The molecule has 166 valence electrons. The summed E-state index contributed by atoms with van der Waals surface area (Å²) in [5, 5.41) is 12.3. The van der Waals surface area contributed by atoms with Gasteiger partial charge in [-0.05, 0) is 37.4 Å². The van der Waals surface area contributed by atoms with Crippen LogP contribution in [0, 0.1) is 17.1 Å². The number of rotatable bonds is 9. The number of benzene rings is 1. The number of hydrogen-bond donors (Lipinski definition) is 1. The highest BCUT2D eigenvalue weighted by atomic mass is 19.1. The van der Waals surface area contributed by atoms with Crippen LogP contribution >= 0.6 is 0 Å². The number of nitrogens with zero attached hydrogens (tertiary/aromatic N) is 4. The maximum Gasteiger partial charge on any atom is 0.234 e. The number of anilines is 1. The third-order valence-corrected chi connectivity index (χ3v) is 5.80. The molecular weight excluding hydrogens is 397 g/mol. The summed E-state index contributed by atoms with van der Waals surface area (Å²) in [5.74, 6) is 0.322. The Balaban J connectivity index is 1.51. The fraction of sp³-hybridized carbons (Fsp3) is 0.478. The van der Waals surface area contributed by atoms with Crippen molar-refractivity contribution in [2.24, 2.45) is 0 Å². The first kappa shape index (κ1) is 22.8. The number of nitriles is 1. The van der Waals surface area contributed by atoms with Gasteiger partial charge in [0.15, 0.2) is 0 Å². The number of carbonyl (C=O) groups excluding carboxylic acids is 1. The zero-order chi connectivity index (χ0) is 22.2. The van der Waals surface area contributed by atoms with E-state index in [4.69, 9.17) is 4.42 Å². The highest BCUT2D eigenvalue weighted by Gasteiger charge is 2.24. The second kappa shape index (κ2) is 10.9. The van der Waals surface area contributed by atoms with Crippen molar-refractivity contribution in [3.63, 3.8) is 0 Å². The van der Waals surface area contributed by atoms with Crippen LogP contribution in [0.15, 0.2) is 41.0 Å². The molecule has 7 nitrogen and oxygen atoms in total. The molecule has 1 amide bonds. The number of hydrogen-bond acceptors (Lipinski definition) is 6. The lowest BCUT2D eigenvalue weighted by Gasteiger charge is -2.36. The molecule has 3 rings (SSSR count). The molecule has 0 aliphatic carbocycles. The quantitative estimate of drug-likeness (QED) is 0.663. The topological polar surface area (TPSA) is 75.8 Å². The first-order valence-electron chi connectivity index (χ1n) is 10.8. The molecular formula is C23H30FN5O2. The molecule has 1 unspecified atom stereocenters. The van der Waals surface area contributed by atoms with Crippen molar-refractivity contribution in [3.8, 4) is 6.07 Å². The molecule has 31 heavy (non-hydrogen) atoms. The monoisotopic (exact) mass is 427 g/mol. The summed E-state index contributed by atoms with van der Waals surface area (Å²) in [6, 6.07) is 10.5. The van der Waals surface area contributed by atoms with Gasteiger partial charge in [-0.1, -0.05) is 19.9 Å². The minimum absolute atomic E-state index is 0.00294. The highest BCUT2D eigenvalue weighted by molar-refractivity contribution is 5.78. The van der Waals surface area contributed by atoms with Crippen LogP contribution in [0.25, 0.3) is 0 Å².